The van der Waals surface area contributed by atoms with Gasteiger partial charge in [-0.3, -0.25) is 4.99 Å². The summed E-state index contributed by atoms with van der Waals surface area (Å²) in [6.07, 6.45) is 1.91. The lowest BCUT2D eigenvalue weighted by atomic mass is 10.2. The van der Waals surface area contributed by atoms with Gasteiger partial charge in [-0.2, -0.15) is 0 Å². The van der Waals surface area contributed by atoms with Crippen molar-refractivity contribution in [1.82, 2.24) is 0 Å². The molecule has 0 amide bonds. The van der Waals surface area contributed by atoms with Crippen LogP contribution in [0.2, 0.25) is 0 Å². The fourth-order valence-electron chi connectivity index (χ4n) is 1.61. The van der Waals surface area contributed by atoms with Crippen LogP contribution < -0.4 is 4.90 Å². The van der Waals surface area contributed by atoms with Crippen LogP contribution in [0.25, 0.3) is 0 Å². The van der Waals surface area contributed by atoms with Crippen molar-refractivity contribution < 1.29 is 4.42 Å². The van der Waals surface area contributed by atoms with E-state index in [1.807, 2.05) is 27.1 Å². The number of anilines is 1. The third-order valence-corrected chi connectivity index (χ3v) is 2.16. The summed E-state index contributed by atoms with van der Waals surface area (Å²) in [5, 5.41) is 0. The molecule has 3 nitrogen and oxygen atoms in total. The van der Waals surface area contributed by atoms with Gasteiger partial charge in [0.05, 0.1) is 6.54 Å². The number of hydrogen-bond acceptors (Lipinski definition) is 3. The van der Waals surface area contributed by atoms with Crippen molar-refractivity contribution in [3.05, 3.63) is 11.5 Å². The summed E-state index contributed by atoms with van der Waals surface area (Å²) < 4.78 is 5.48. The Balaban J connectivity index is 2.64. The molecule has 0 radical (unpaired) electrons. The Morgan fingerprint density at radius 1 is 1.42 bits per heavy atom. The third kappa shape index (κ3) is 0.858. The first-order chi connectivity index (χ1) is 5.70. The smallest absolute Gasteiger partial charge is 0.128 e. The summed E-state index contributed by atoms with van der Waals surface area (Å²) >= 11 is 0. The first kappa shape index (κ1) is 7.40. The minimum atomic E-state index is 0.868. The minimum Gasteiger partial charge on any atom is -0.462 e. The van der Waals surface area contributed by atoms with Crippen molar-refractivity contribution in [3.8, 4) is 0 Å². The van der Waals surface area contributed by atoms with Gasteiger partial charge in [0.25, 0.3) is 0 Å². The monoisotopic (exact) mass is 164 g/mol. The van der Waals surface area contributed by atoms with Gasteiger partial charge in [-0.25, -0.2) is 0 Å². The highest BCUT2D eigenvalue weighted by Crippen LogP contribution is 2.38. The minimum absolute atomic E-state index is 0.868. The van der Waals surface area contributed by atoms with Crippen LogP contribution in [0.15, 0.2) is 9.41 Å². The van der Waals surface area contributed by atoms with E-state index < -0.39 is 0 Å². The number of rotatable bonds is 0. The maximum Gasteiger partial charge on any atom is 0.128 e. The van der Waals surface area contributed by atoms with Gasteiger partial charge in [0.15, 0.2) is 0 Å². The number of aliphatic imine (C=N–C) groups is 1. The zero-order valence-electron chi connectivity index (χ0n) is 7.59. The lowest BCUT2D eigenvalue weighted by molar-refractivity contribution is 0.505. The van der Waals surface area contributed by atoms with Crippen LogP contribution in [-0.4, -0.2) is 19.8 Å². The predicted octanol–water partition coefficient (Wildman–Crippen LogP) is 2.05. The van der Waals surface area contributed by atoms with E-state index >= 15 is 0 Å². The number of aryl methyl sites for hydroxylation is 2. The Bertz CT molecular complexity index is 339. The number of furan rings is 1. The van der Waals surface area contributed by atoms with Gasteiger partial charge in [0.2, 0.25) is 0 Å². The second-order valence-electron chi connectivity index (χ2n) is 3.10. The molecule has 0 aromatic carbocycles. The van der Waals surface area contributed by atoms with Gasteiger partial charge in [-0.15, -0.1) is 0 Å². The fourth-order valence-corrected chi connectivity index (χ4v) is 1.61. The molecule has 0 unspecified atom stereocenters. The van der Waals surface area contributed by atoms with Crippen LogP contribution in [0.5, 0.6) is 0 Å². The Kier molecular flexibility index (Phi) is 1.46. The van der Waals surface area contributed by atoms with Crippen LogP contribution in [-0.2, 0) is 0 Å². The zero-order chi connectivity index (χ0) is 8.72. The standard InChI is InChI=1S/C9H12N2O/c1-6-8-9(7(2)12-6)11(3)5-4-10-8/h4H,5H2,1-3H3. The Morgan fingerprint density at radius 3 is 2.83 bits per heavy atom. The highest BCUT2D eigenvalue weighted by atomic mass is 16.3. The normalized spacial score (nSPS) is 15.1. The van der Waals surface area contributed by atoms with Crippen LogP contribution >= 0.6 is 0 Å². The van der Waals surface area contributed by atoms with E-state index in [1.165, 1.54) is 0 Å². The Hall–Kier alpha value is -1.25. The second kappa shape index (κ2) is 2.37. The van der Waals surface area contributed by atoms with E-state index in [0.717, 1.165) is 29.4 Å². The molecular formula is C9H12N2O. The topological polar surface area (TPSA) is 28.7 Å². The Labute approximate surface area is 71.7 Å². The van der Waals surface area contributed by atoms with Crippen molar-refractivity contribution in [2.75, 3.05) is 18.5 Å². The van der Waals surface area contributed by atoms with Crippen LogP contribution in [0, 0.1) is 13.8 Å². The lowest BCUT2D eigenvalue weighted by Gasteiger charge is -2.19. The van der Waals surface area contributed by atoms with E-state index in [4.69, 9.17) is 4.42 Å². The molecule has 0 spiro atoms. The summed E-state index contributed by atoms with van der Waals surface area (Å²) in [5.74, 6) is 1.87. The molecule has 0 aliphatic carbocycles. The van der Waals surface area contributed by atoms with Crippen LogP contribution in [0.4, 0.5) is 11.4 Å². The maximum atomic E-state index is 5.48. The van der Waals surface area contributed by atoms with Crippen LogP contribution in [0.3, 0.4) is 0 Å². The van der Waals surface area contributed by atoms with Crippen LogP contribution in [0.1, 0.15) is 11.5 Å². The largest absolute Gasteiger partial charge is 0.462 e. The maximum absolute atomic E-state index is 5.48. The average Bonchev–Trinajstić information content (AvgIpc) is 2.29. The van der Waals surface area contributed by atoms with Gasteiger partial charge in [0, 0.05) is 13.3 Å². The second-order valence-corrected chi connectivity index (χ2v) is 3.10. The zero-order valence-corrected chi connectivity index (χ0v) is 7.59. The van der Waals surface area contributed by atoms with Gasteiger partial charge in [-0.1, -0.05) is 0 Å². The van der Waals surface area contributed by atoms with Crippen molar-refractivity contribution >= 4 is 17.6 Å². The molecule has 2 rings (SSSR count). The number of fused-ring (bicyclic) bond motifs is 1. The van der Waals surface area contributed by atoms with Gasteiger partial charge >= 0.3 is 0 Å². The molecule has 3 heteroatoms. The van der Waals surface area contributed by atoms with E-state index in [1.54, 1.807) is 0 Å². The molecule has 1 aliphatic rings. The molecular weight excluding hydrogens is 152 g/mol. The van der Waals surface area contributed by atoms with E-state index in [9.17, 15) is 0 Å². The molecule has 0 atom stereocenters. The summed E-state index contributed by atoms with van der Waals surface area (Å²) in [6, 6.07) is 0. The number of nitrogens with zero attached hydrogens (tertiary/aromatic N) is 2. The summed E-state index contributed by atoms with van der Waals surface area (Å²) in [5.41, 5.74) is 2.12. The fraction of sp³-hybridized carbons (Fsp3) is 0.444. The molecule has 1 aromatic rings. The molecule has 0 saturated heterocycles. The summed E-state index contributed by atoms with van der Waals surface area (Å²) in [7, 11) is 2.05. The van der Waals surface area contributed by atoms with Gasteiger partial charge in [0.1, 0.15) is 22.9 Å². The third-order valence-electron chi connectivity index (χ3n) is 2.16. The molecule has 12 heavy (non-hydrogen) atoms. The number of hydrogen-bond donors (Lipinski definition) is 0. The predicted molar refractivity (Wildman–Crippen MR) is 49.6 cm³/mol. The first-order valence-corrected chi connectivity index (χ1v) is 4.04. The van der Waals surface area contributed by atoms with Crippen molar-refractivity contribution in [2.45, 2.75) is 13.8 Å². The summed E-state index contributed by atoms with van der Waals surface area (Å²) in [4.78, 5) is 6.45. The molecule has 2 heterocycles. The van der Waals surface area contributed by atoms with E-state index in [2.05, 4.69) is 9.89 Å². The van der Waals surface area contributed by atoms with E-state index in [-0.39, 0.29) is 0 Å². The molecule has 0 saturated carbocycles. The highest BCUT2D eigenvalue weighted by molar-refractivity contribution is 5.83. The molecule has 0 bridgehead atoms. The highest BCUT2D eigenvalue weighted by Gasteiger charge is 2.19. The summed E-state index contributed by atoms with van der Waals surface area (Å²) in [6.45, 7) is 4.79. The van der Waals surface area contributed by atoms with E-state index in [0.29, 0.717) is 0 Å². The molecule has 1 aliphatic heterocycles. The first-order valence-electron chi connectivity index (χ1n) is 4.04. The van der Waals surface area contributed by atoms with Crippen molar-refractivity contribution in [1.29, 1.82) is 0 Å². The SMILES string of the molecule is Cc1oc(C)c2c1N=CCN2C. The molecule has 1 aromatic heterocycles. The average molecular weight is 164 g/mol. The van der Waals surface area contributed by atoms with Crippen molar-refractivity contribution in [3.63, 3.8) is 0 Å². The lowest BCUT2D eigenvalue weighted by Crippen LogP contribution is -2.21. The molecule has 64 valence electrons. The van der Waals surface area contributed by atoms with Gasteiger partial charge in [-0.05, 0) is 13.8 Å². The molecule has 0 fully saturated rings. The molecule has 0 N–H and O–H groups in total. The quantitative estimate of drug-likeness (QED) is 0.587. The Morgan fingerprint density at radius 2 is 2.17 bits per heavy atom. The van der Waals surface area contributed by atoms with Crippen molar-refractivity contribution in [2.24, 2.45) is 4.99 Å². The van der Waals surface area contributed by atoms with Gasteiger partial charge < -0.3 is 9.32 Å².